The highest BCUT2D eigenvalue weighted by Crippen LogP contribution is 2.46. The smallest absolute Gasteiger partial charge is 0.408 e. The number of allylic oxidation sites excluding steroid dienone is 1. The Bertz CT molecular complexity index is 2270. The lowest BCUT2D eigenvalue weighted by Gasteiger charge is -2.30. The Morgan fingerprint density at radius 2 is 1.82 bits per heavy atom. The number of benzene rings is 2. The highest BCUT2D eigenvalue weighted by Gasteiger charge is 2.62. The minimum atomic E-state index is -3.93. The van der Waals surface area contributed by atoms with E-state index in [-0.39, 0.29) is 38.5 Å². The Morgan fingerprint density at radius 3 is 2.50 bits per heavy atom. The van der Waals surface area contributed by atoms with E-state index in [0.29, 0.717) is 42.5 Å². The number of nitrogens with zero attached hydrogens (tertiary/aromatic N) is 3. The number of pyridine rings is 1. The number of aromatic nitrogens is 1. The quantitative estimate of drug-likeness (QED) is 0.262. The third kappa shape index (κ3) is 9.62. The van der Waals surface area contributed by atoms with Crippen molar-refractivity contribution in [1.82, 2.24) is 25.2 Å². The van der Waals surface area contributed by atoms with E-state index in [2.05, 4.69) is 15.4 Å². The van der Waals surface area contributed by atoms with Crippen molar-refractivity contribution < 1.29 is 46.5 Å². The van der Waals surface area contributed by atoms with Crippen LogP contribution in [0.5, 0.6) is 11.6 Å². The van der Waals surface area contributed by atoms with Crippen LogP contribution in [0.15, 0.2) is 60.7 Å². The number of amides is 4. The molecule has 3 N–H and O–H groups in total. The monoisotopic (exact) mass is 846 g/mol. The molecule has 0 radical (unpaired) electrons. The van der Waals surface area contributed by atoms with Crippen molar-refractivity contribution in [3.05, 3.63) is 60.7 Å². The molecule has 1 aromatic heterocycles. The van der Waals surface area contributed by atoms with Crippen LogP contribution in [0.2, 0.25) is 0 Å². The molecule has 3 aromatic rings. The van der Waals surface area contributed by atoms with Gasteiger partial charge in [0.2, 0.25) is 27.7 Å². The van der Waals surface area contributed by atoms with Gasteiger partial charge >= 0.3 is 6.09 Å². The molecule has 16 nitrogen and oxygen atoms in total. The molecule has 0 bridgehead atoms. The average Bonchev–Trinajstić information content (AvgIpc) is 4.12. The first-order chi connectivity index (χ1) is 28.5. The van der Waals surface area contributed by atoms with E-state index >= 15 is 0 Å². The lowest BCUT2D eigenvalue weighted by molar-refractivity contribution is -0.142. The first-order valence-corrected chi connectivity index (χ1v) is 21.9. The van der Waals surface area contributed by atoms with Crippen molar-refractivity contribution in [2.75, 3.05) is 45.9 Å². The van der Waals surface area contributed by atoms with E-state index in [1.54, 1.807) is 33.9 Å². The number of nitrogens with one attached hydrogen (secondary N) is 3. The van der Waals surface area contributed by atoms with Crippen LogP contribution in [0.4, 0.5) is 10.5 Å². The number of hydrogen-bond donors (Lipinski definition) is 3. The maximum Gasteiger partial charge on any atom is 0.408 e. The van der Waals surface area contributed by atoms with Crippen molar-refractivity contribution >= 4 is 50.3 Å². The van der Waals surface area contributed by atoms with Crippen molar-refractivity contribution in [2.24, 2.45) is 5.92 Å². The lowest BCUT2D eigenvalue weighted by atomic mass is 10.1. The predicted molar refractivity (Wildman–Crippen MR) is 224 cm³/mol. The Hall–Kier alpha value is -5.42. The molecule has 60 heavy (non-hydrogen) atoms. The molecule has 2 aliphatic heterocycles. The second-order valence-electron chi connectivity index (χ2n) is 17.1. The maximum absolute atomic E-state index is 14.6. The van der Waals surface area contributed by atoms with Crippen LogP contribution >= 0.6 is 0 Å². The van der Waals surface area contributed by atoms with E-state index in [4.69, 9.17) is 23.9 Å². The first-order valence-electron chi connectivity index (χ1n) is 20.3. The summed E-state index contributed by atoms with van der Waals surface area (Å²) < 4.78 is 51.7. The van der Waals surface area contributed by atoms with Crippen molar-refractivity contribution in [3.8, 4) is 22.9 Å². The van der Waals surface area contributed by atoms with Gasteiger partial charge in [0.15, 0.2) is 0 Å². The summed E-state index contributed by atoms with van der Waals surface area (Å²) in [6.45, 7) is 5.06. The Balaban J connectivity index is 1.23. The van der Waals surface area contributed by atoms with Crippen molar-refractivity contribution in [1.29, 1.82) is 0 Å². The van der Waals surface area contributed by atoms with E-state index in [1.165, 1.54) is 4.90 Å². The van der Waals surface area contributed by atoms with E-state index in [0.717, 1.165) is 16.6 Å². The summed E-state index contributed by atoms with van der Waals surface area (Å²) in [5, 5.41) is 6.32. The normalized spacial score (nSPS) is 24.9. The molecular weight excluding hydrogens is 793 g/mol. The molecule has 2 aromatic carbocycles. The molecule has 4 aliphatic rings. The van der Waals surface area contributed by atoms with Crippen LogP contribution in [0.1, 0.15) is 59.3 Å². The van der Waals surface area contributed by atoms with Crippen LogP contribution in [-0.2, 0) is 33.9 Å². The number of carbonyl (C=O) groups is 4. The molecule has 2 aliphatic carbocycles. The zero-order valence-corrected chi connectivity index (χ0v) is 35.7. The van der Waals surface area contributed by atoms with Gasteiger partial charge in [0.25, 0.3) is 5.91 Å². The molecule has 5 atom stereocenters. The van der Waals surface area contributed by atoms with E-state index < -0.39 is 74.3 Å². The topological polar surface area (TPSA) is 195 Å². The second-order valence-corrected chi connectivity index (χ2v) is 19.1. The number of hydrogen-bond acceptors (Lipinski definition) is 12. The molecule has 3 fully saturated rings. The van der Waals surface area contributed by atoms with Crippen LogP contribution in [-0.4, -0.2) is 118 Å². The number of anilines is 1. The molecule has 322 valence electrons. The Labute approximate surface area is 350 Å². The molecule has 3 heterocycles. The number of sulfonamides is 1. The minimum absolute atomic E-state index is 0.0166. The van der Waals surface area contributed by atoms with Gasteiger partial charge in [0.05, 0.1) is 31.2 Å². The standard InChI is InChI=1S/C43H54N6O10S/c1-42(2,3)59-41(53)45-35-25-57-19-9-7-8-10-28-23-43(28,40(52)47-60(54,55)32-16-17-32)46-37(50)36-22-31(24-49(36)39(35)51)58-38-33-18-15-30(56-6)20-27(33)21-34(44-38)26-11-13-29(14-12-26)48(4)5/h8,10-15,18,20-21,28,31-32,35-36H,7,9,16-17,19,22-25H2,1-6H3,(H,45,53)(H,46,50)(H,47,52)/t28?,31?,35-,36-,43+/m0/s1. The van der Waals surface area contributed by atoms with Crippen LogP contribution in [0.3, 0.4) is 0 Å². The van der Waals surface area contributed by atoms with Crippen LogP contribution in [0.25, 0.3) is 22.0 Å². The van der Waals surface area contributed by atoms with Gasteiger partial charge in [0.1, 0.15) is 35.1 Å². The summed E-state index contributed by atoms with van der Waals surface area (Å²) >= 11 is 0. The van der Waals surface area contributed by atoms with Gasteiger partial charge in [-0.05, 0) is 94.7 Å². The summed E-state index contributed by atoms with van der Waals surface area (Å²) in [6.07, 6.45) is 4.24. The number of rotatable bonds is 9. The summed E-state index contributed by atoms with van der Waals surface area (Å²) in [6, 6.07) is 12.9. The van der Waals surface area contributed by atoms with Gasteiger partial charge < -0.3 is 39.4 Å². The highest BCUT2D eigenvalue weighted by molar-refractivity contribution is 7.91. The van der Waals surface area contributed by atoms with Gasteiger partial charge in [0, 0.05) is 49.7 Å². The fourth-order valence-corrected chi connectivity index (χ4v) is 8.95. The molecule has 2 unspecified atom stereocenters. The summed E-state index contributed by atoms with van der Waals surface area (Å²) in [5.74, 6) is -1.71. The third-order valence-electron chi connectivity index (χ3n) is 11.1. The zero-order valence-electron chi connectivity index (χ0n) is 34.9. The fourth-order valence-electron chi connectivity index (χ4n) is 7.59. The molecule has 7 rings (SSSR count). The van der Waals surface area contributed by atoms with Crippen molar-refractivity contribution in [3.63, 3.8) is 0 Å². The number of ether oxygens (including phenoxy) is 4. The maximum atomic E-state index is 14.6. The van der Waals surface area contributed by atoms with Crippen LogP contribution in [0, 0.1) is 5.92 Å². The van der Waals surface area contributed by atoms with Gasteiger partial charge in [-0.15, -0.1) is 0 Å². The molecule has 17 heteroatoms. The molecule has 2 saturated carbocycles. The van der Waals surface area contributed by atoms with E-state index in [9.17, 15) is 27.6 Å². The third-order valence-corrected chi connectivity index (χ3v) is 12.9. The summed E-state index contributed by atoms with van der Waals surface area (Å²) in [5.41, 5.74) is 0.0534. The molecule has 1 saturated heterocycles. The summed E-state index contributed by atoms with van der Waals surface area (Å²) in [7, 11) is 1.57. The number of carbonyl (C=O) groups excluding carboxylic acids is 4. The first kappa shape index (κ1) is 42.7. The molecule has 4 amide bonds. The average molecular weight is 847 g/mol. The van der Waals surface area contributed by atoms with Gasteiger partial charge in [-0.2, -0.15) is 0 Å². The van der Waals surface area contributed by atoms with Crippen LogP contribution < -0.4 is 29.7 Å². The largest absolute Gasteiger partial charge is 0.497 e. The zero-order chi connectivity index (χ0) is 43.0. The SMILES string of the molecule is COc1ccc2c(OC3C[C@H]4C(=O)N[C@]5(C(=O)NS(=O)(=O)C6CC6)CC5C=CCCCOC[C@H](NC(=O)OC(C)(C)C)C(=O)N4C3)nc(-c3ccc(N(C)C)cc3)cc2c1. The van der Waals surface area contributed by atoms with Crippen molar-refractivity contribution in [2.45, 2.75) is 93.9 Å². The number of fused-ring (bicyclic) bond motifs is 3. The Kier molecular flexibility index (Phi) is 12.0. The van der Waals surface area contributed by atoms with Gasteiger partial charge in [-0.1, -0.05) is 24.3 Å². The molecule has 0 spiro atoms. The highest BCUT2D eigenvalue weighted by atomic mass is 32.2. The summed E-state index contributed by atoms with van der Waals surface area (Å²) in [4.78, 5) is 64.3. The number of methoxy groups -OCH3 is 1. The minimum Gasteiger partial charge on any atom is -0.497 e. The predicted octanol–water partition coefficient (Wildman–Crippen LogP) is 4.07. The van der Waals surface area contributed by atoms with E-state index in [1.807, 2.05) is 73.6 Å². The number of alkyl carbamates (subject to hydrolysis) is 1. The second kappa shape index (κ2) is 16.9. The Morgan fingerprint density at radius 1 is 1.07 bits per heavy atom. The van der Waals surface area contributed by atoms with Gasteiger partial charge in [-0.3, -0.25) is 19.1 Å². The van der Waals surface area contributed by atoms with Gasteiger partial charge in [-0.25, -0.2) is 18.2 Å². The fraction of sp³-hybridized carbons (Fsp3) is 0.512. The lowest BCUT2D eigenvalue weighted by Crippen LogP contribution is -2.59. The molecular formula is C43H54N6O10S.